The topological polar surface area (TPSA) is 98.6 Å². The Hall–Kier alpha value is -3.19. The number of ether oxygens (including phenoxy) is 2. The van der Waals surface area contributed by atoms with Crippen LogP contribution < -0.4 is 10.1 Å². The second-order valence-corrected chi connectivity index (χ2v) is 8.30. The normalized spacial score (nSPS) is 16.1. The molecule has 2 atom stereocenters. The van der Waals surface area contributed by atoms with Gasteiger partial charge in [-0.15, -0.1) is 5.10 Å². The fourth-order valence-electron chi connectivity index (χ4n) is 3.78. The molecule has 2 aromatic heterocycles. The highest BCUT2D eigenvalue weighted by Crippen LogP contribution is 2.36. The first-order valence-electron chi connectivity index (χ1n) is 10.5. The van der Waals surface area contributed by atoms with Gasteiger partial charge in [0.2, 0.25) is 5.91 Å². The Labute approximate surface area is 187 Å². The summed E-state index contributed by atoms with van der Waals surface area (Å²) in [5.41, 5.74) is 1.19. The summed E-state index contributed by atoms with van der Waals surface area (Å²) >= 11 is 0. The van der Waals surface area contributed by atoms with Gasteiger partial charge >= 0.3 is 5.97 Å². The number of hydrogen-bond acceptors (Lipinski definition) is 7. The first-order chi connectivity index (χ1) is 15.5. The SMILES string of the molecule is CCC(=O)N1CC[C@@H](Nc2nn(PC)c3nccc(Oc4ccc(C(=O)OC)cc4)c23)C1. The lowest BCUT2D eigenvalue weighted by Crippen LogP contribution is -2.31. The zero-order valence-electron chi connectivity index (χ0n) is 18.3. The van der Waals surface area contributed by atoms with Crippen molar-refractivity contribution in [1.29, 1.82) is 0 Å². The van der Waals surface area contributed by atoms with Gasteiger partial charge in [-0.3, -0.25) is 4.79 Å². The molecule has 1 fully saturated rings. The maximum Gasteiger partial charge on any atom is 0.337 e. The highest BCUT2D eigenvalue weighted by atomic mass is 31.1. The monoisotopic (exact) mass is 455 g/mol. The fraction of sp³-hybridized carbons (Fsp3) is 0.364. The van der Waals surface area contributed by atoms with Gasteiger partial charge in [0.15, 0.2) is 11.5 Å². The highest BCUT2D eigenvalue weighted by Gasteiger charge is 2.27. The van der Waals surface area contributed by atoms with Crippen LogP contribution in [0.2, 0.25) is 0 Å². The zero-order chi connectivity index (χ0) is 22.7. The maximum atomic E-state index is 12.0. The molecule has 168 valence electrons. The molecule has 3 aromatic rings. The van der Waals surface area contributed by atoms with Crippen molar-refractivity contribution in [2.75, 3.05) is 32.2 Å². The zero-order valence-corrected chi connectivity index (χ0v) is 19.3. The molecular weight excluding hydrogens is 429 g/mol. The van der Waals surface area contributed by atoms with Gasteiger partial charge in [0, 0.05) is 46.5 Å². The number of anilines is 1. The summed E-state index contributed by atoms with van der Waals surface area (Å²) < 4.78 is 12.8. The van der Waals surface area contributed by atoms with Crippen LogP contribution in [-0.2, 0) is 9.53 Å². The molecule has 0 saturated carbocycles. The molecule has 0 bridgehead atoms. The van der Waals surface area contributed by atoms with Crippen LogP contribution in [0.1, 0.15) is 30.1 Å². The molecule has 0 radical (unpaired) electrons. The van der Waals surface area contributed by atoms with Crippen LogP contribution in [0, 0.1) is 0 Å². The minimum absolute atomic E-state index is 0.115. The van der Waals surface area contributed by atoms with Gasteiger partial charge in [0.25, 0.3) is 0 Å². The van der Waals surface area contributed by atoms with Crippen LogP contribution >= 0.6 is 8.73 Å². The molecule has 9 nitrogen and oxygen atoms in total. The summed E-state index contributed by atoms with van der Waals surface area (Å²) in [5.74, 6) is 1.67. The van der Waals surface area contributed by atoms with E-state index >= 15 is 0 Å². The number of carbonyl (C=O) groups is 2. The van der Waals surface area contributed by atoms with E-state index in [1.807, 2.05) is 22.9 Å². The molecule has 1 saturated heterocycles. The quantitative estimate of drug-likeness (QED) is 0.430. The molecule has 0 spiro atoms. The Kier molecular flexibility index (Phi) is 6.55. The lowest BCUT2D eigenvalue weighted by molar-refractivity contribution is -0.129. The summed E-state index contributed by atoms with van der Waals surface area (Å²) in [6.45, 7) is 5.31. The third-order valence-electron chi connectivity index (χ3n) is 5.43. The number of amides is 1. The van der Waals surface area contributed by atoms with E-state index in [0.717, 1.165) is 24.0 Å². The van der Waals surface area contributed by atoms with E-state index in [-0.39, 0.29) is 11.9 Å². The average molecular weight is 455 g/mol. The number of likely N-dealkylation sites (tertiary alicyclic amines) is 1. The molecule has 32 heavy (non-hydrogen) atoms. The van der Waals surface area contributed by atoms with Crippen LogP contribution in [0.3, 0.4) is 0 Å². The largest absolute Gasteiger partial charge is 0.465 e. The van der Waals surface area contributed by atoms with E-state index in [2.05, 4.69) is 10.3 Å². The summed E-state index contributed by atoms with van der Waals surface area (Å²) in [5, 5.41) is 9.02. The summed E-state index contributed by atoms with van der Waals surface area (Å²) in [6, 6.07) is 8.69. The average Bonchev–Trinajstić information content (AvgIpc) is 3.44. The number of nitrogens with one attached hydrogen (secondary N) is 1. The lowest BCUT2D eigenvalue weighted by atomic mass is 10.2. The number of rotatable bonds is 7. The predicted molar refractivity (Wildman–Crippen MR) is 124 cm³/mol. The highest BCUT2D eigenvalue weighted by molar-refractivity contribution is 7.35. The summed E-state index contributed by atoms with van der Waals surface area (Å²) in [4.78, 5) is 30.1. The molecule has 1 aliphatic heterocycles. The van der Waals surface area contributed by atoms with Crippen molar-refractivity contribution >= 4 is 37.5 Å². The van der Waals surface area contributed by atoms with E-state index < -0.39 is 5.97 Å². The smallest absolute Gasteiger partial charge is 0.337 e. The second kappa shape index (κ2) is 9.53. The van der Waals surface area contributed by atoms with Gasteiger partial charge in [0.1, 0.15) is 16.9 Å². The Morgan fingerprint density at radius 3 is 2.72 bits per heavy atom. The van der Waals surface area contributed by atoms with Crippen molar-refractivity contribution < 1.29 is 19.1 Å². The van der Waals surface area contributed by atoms with Gasteiger partial charge in [-0.2, -0.15) is 0 Å². The lowest BCUT2D eigenvalue weighted by Gasteiger charge is -2.16. The molecule has 1 amide bonds. The van der Waals surface area contributed by atoms with Crippen LogP contribution in [-0.4, -0.2) is 64.2 Å². The summed E-state index contributed by atoms with van der Waals surface area (Å²) in [7, 11) is 1.75. The third kappa shape index (κ3) is 4.39. The van der Waals surface area contributed by atoms with Crippen LogP contribution in [0.4, 0.5) is 5.82 Å². The molecule has 3 heterocycles. The van der Waals surface area contributed by atoms with Crippen molar-refractivity contribution in [3.63, 3.8) is 0 Å². The van der Waals surface area contributed by atoms with Crippen LogP contribution in [0.15, 0.2) is 36.5 Å². The molecular formula is C22H26N5O4P. The molecule has 1 N–H and O–H groups in total. The molecule has 0 aliphatic carbocycles. The first kappa shape index (κ1) is 22.0. The number of benzene rings is 1. The van der Waals surface area contributed by atoms with Crippen LogP contribution in [0.5, 0.6) is 11.5 Å². The van der Waals surface area contributed by atoms with Gasteiger partial charge in [0.05, 0.1) is 12.7 Å². The first-order valence-corrected chi connectivity index (χ1v) is 11.9. The van der Waals surface area contributed by atoms with E-state index in [1.165, 1.54) is 7.11 Å². The minimum Gasteiger partial charge on any atom is -0.465 e. The van der Waals surface area contributed by atoms with Gasteiger partial charge < -0.3 is 19.7 Å². The number of hydrogen-bond donors (Lipinski definition) is 1. The van der Waals surface area contributed by atoms with Crippen molar-refractivity contribution in [1.82, 2.24) is 19.4 Å². The number of esters is 1. The van der Waals surface area contributed by atoms with E-state index in [0.29, 0.717) is 44.6 Å². The predicted octanol–water partition coefficient (Wildman–Crippen LogP) is 3.50. The number of methoxy groups -OCH3 is 1. The van der Waals surface area contributed by atoms with Gasteiger partial charge in [-0.25, -0.2) is 14.2 Å². The second-order valence-electron chi connectivity index (χ2n) is 7.43. The van der Waals surface area contributed by atoms with Crippen molar-refractivity contribution in [3.05, 3.63) is 42.1 Å². The van der Waals surface area contributed by atoms with Crippen molar-refractivity contribution in [3.8, 4) is 11.5 Å². The molecule has 10 heteroatoms. The van der Waals surface area contributed by atoms with E-state index in [1.54, 1.807) is 36.5 Å². The number of fused-ring (bicyclic) bond motifs is 1. The number of aromatic nitrogens is 3. The van der Waals surface area contributed by atoms with E-state index in [9.17, 15) is 9.59 Å². The number of carbonyl (C=O) groups excluding carboxylic acids is 2. The molecule has 1 aromatic carbocycles. The van der Waals surface area contributed by atoms with Gasteiger partial charge in [-0.1, -0.05) is 6.92 Å². The molecule has 1 aliphatic rings. The maximum absolute atomic E-state index is 12.0. The Morgan fingerprint density at radius 2 is 2.03 bits per heavy atom. The fourth-order valence-corrected chi connectivity index (χ4v) is 4.36. The Bertz CT molecular complexity index is 1130. The molecule has 1 unspecified atom stereocenters. The number of nitrogens with zero attached hydrogens (tertiary/aromatic N) is 4. The molecule has 4 rings (SSSR count). The van der Waals surface area contributed by atoms with E-state index in [4.69, 9.17) is 14.6 Å². The summed E-state index contributed by atoms with van der Waals surface area (Å²) in [6.07, 6.45) is 3.07. The Morgan fingerprint density at radius 1 is 1.25 bits per heavy atom. The van der Waals surface area contributed by atoms with Crippen LogP contribution in [0.25, 0.3) is 11.0 Å². The Balaban J connectivity index is 1.62. The van der Waals surface area contributed by atoms with Crippen molar-refractivity contribution in [2.24, 2.45) is 0 Å². The third-order valence-corrected chi connectivity index (χ3v) is 6.16. The van der Waals surface area contributed by atoms with Crippen molar-refractivity contribution in [2.45, 2.75) is 25.8 Å². The van der Waals surface area contributed by atoms with Gasteiger partial charge in [-0.05, 0) is 37.4 Å². The number of pyridine rings is 1. The minimum atomic E-state index is -0.397. The standard InChI is InChI=1S/C22H26N5O4P/c1-4-18(28)26-12-10-15(13-26)24-20-19-17(9-11-23-21(19)27(25-20)32-3)31-16-7-5-14(6-8-16)22(29)30-2/h5-9,11,15,32H,4,10,12-13H2,1-3H3,(H,24,25)/t15-/m1/s1.